The molecule has 0 unspecified atom stereocenters. The lowest BCUT2D eigenvalue weighted by Gasteiger charge is -2.07. The first-order valence-corrected chi connectivity index (χ1v) is 7.56. The SMILES string of the molecule is CCCc1nn(C)c2c1[nH]c(=S)n2Cc1cnccc1C. The second-order valence-corrected chi connectivity index (χ2v) is 5.72. The molecule has 0 spiro atoms. The van der Waals surface area contributed by atoms with Gasteiger partial charge in [-0.1, -0.05) is 13.3 Å². The standard InChI is InChI=1S/C15H19N5S/c1-4-5-12-13-14(19(3)18-12)20(15(21)17-13)9-11-8-16-7-6-10(11)2/h6-8H,4-5,9H2,1-3H3,(H,17,21). The highest BCUT2D eigenvalue weighted by Gasteiger charge is 2.15. The summed E-state index contributed by atoms with van der Waals surface area (Å²) in [4.78, 5) is 7.53. The van der Waals surface area contributed by atoms with Gasteiger partial charge in [0.2, 0.25) is 0 Å². The number of imidazole rings is 1. The minimum absolute atomic E-state index is 0.712. The molecule has 1 N–H and O–H groups in total. The molecule has 0 aliphatic heterocycles. The molecule has 0 atom stereocenters. The molecule has 3 aromatic heterocycles. The smallest absolute Gasteiger partial charge is 0.179 e. The van der Waals surface area contributed by atoms with Gasteiger partial charge >= 0.3 is 0 Å². The number of aryl methyl sites for hydroxylation is 3. The number of hydrogen-bond acceptors (Lipinski definition) is 3. The van der Waals surface area contributed by atoms with Gasteiger partial charge in [-0.2, -0.15) is 5.10 Å². The van der Waals surface area contributed by atoms with E-state index in [0.29, 0.717) is 6.54 Å². The molecule has 5 nitrogen and oxygen atoms in total. The minimum Gasteiger partial charge on any atom is -0.328 e. The predicted molar refractivity (Wildman–Crippen MR) is 86.0 cm³/mol. The van der Waals surface area contributed by atoms with Crippen LogP contribution in [0.15, 0.2) is 18.5 Å². The van der Waals surface area contributed by atoms with Crippen molar-refractivity contribution in [3.05, 3.63) is 40.1 Å². The van der Waals surface area contributed by atoms with Crippen molar-refractivity contribution in [3.63, 3.8) is 0 Å². The Morgan fingerprint density at radius 3 is 2.90 bits per heavy atom. The second-order valence-electron chi connectivity index (χ2n) is 5.34. The second kappa shape index (κ2) is 5.44. The van der Waals surface area contributed by atoms with Gasteiger partial charge in [0.25, 0.3) is 0 Å². The van der Waals surface area contributed by atoms with Crippen molar-refractivity contribution in [2.75, 3.05) is 0 Å². The van der Waals surface area contributed by atoms with Crippen molar-refractivity contribution >= 4 is 23.4 Å². The van der Waals surface area contributed by atoms with E-state index in [-0.39, 0.29) is 0 Å². The zero-order chi connectivity index (χ0) is 15.0. The van der Waals surface area contributed by atoms with Crippen molar-refractivity contribution < 1.29 is 0 Å². The van der Waals surface area contributed by atoms with Crippen LogP contribution < -0.4 is 0 Å². The van der Waals surface area contributed by atoms with E-state index in [4.69, 9.17) is 12.2 Å². The van der Waals surface area contributed by atoms with Gasteiger partial charge < -0.3 is 4.98 Å². The van der Waals surface area contributed by atoms with Crippen LogP contribution in [0.2, 0.25) is 0 Å². The van der Waals surface area contributed by atoms with Gasteiger partial charge in [-0.15, -0.1) is 0 Å². The third-order valence-corrected chi connectivity index (χ3v) is 4.11. The van der Waals surface area contributed by atoms with E-state index in [1.165, 1.54) is 11.1 Å². The summed E-state index contributed by atoms with van der Waals surface area (Å²) < 4.78 is 4.75. The molecule has 0 aliphatic carbocycles. The maximum atomic E-state index is 5.50. The lowest BCUT2D eigenvalue weighted by molar-refractivity contribution is 0.701. The van der Waals surface area contributed by atoms with E-state index >= 15 is 0 Å². The number of H-pyrrole nitrogens is 1. The summed E-state index contributed by atoms with van der Waals surface area (Å²) in [6, 6.07) is 2.02. The third-order valence-electron chi connectivity index (χ3n) is 3.78. The van der Waals surface area contributed by atoms with Crippen LogP contribution in [0.3, 0.4) is 0 Å². The predicted octanol–water partition coefficient (Wildman–Crippen LogP) is 3.14. The van der Waals surface area contributed by atoms with Crippen LogP contribution in [0.25, 0.3) is 11.2 Å². The molecule has 3 aromatic rings. The highest BCUT2D eigenvalue weighted by Crippen LogP contribution is 2.20. The molecule has 0 saturated carbocycles. The van der Waals surface area contributed by atoms with Crippen LogP contribution in [0.5, 0.6) is 0 Å². The molecule has 3 heterocycles. The Morgan fingerprint density at radius 2 is 2.19 bits per heavy atom. The summed E-state index contributed by atoms with van der Waals surface area (Å²) in [5.74, 6) is 0. The van der Waals surface area contributed by atoms with Crippen molar-refractivity contribution in [2.24, 2.45) is 7.05 Å². The molecule has 0 bridgehead atoms. The first kappa shape index (κ1) is 14.0. The number of nitrogens with one attached hydrogen (secondary N) is 1. The molecular weight excluding hydrogens is 282 g/mol. The van der Waals surface area contributed by atoms with Crippen LogP contribution in [-0.2, 0) is 20.0 Å². The van der Waals surface area contributed by atoms with Gasteiger partial charge in [-0.3, -0.25) is 14.2 Å². The summed E-state index contributed by atoms with van der Waals surface area (Å²) in [6.07, 6.45) is 5.74. The summed E-state index contributed by atoms with van der Waals surface area (Å²) in [5.41, 5.74) is 5.59. The van der Waals surface area contributed by atoms with Gasteiger partial charge in [-0.25, -0.2) is 0 Å². The Bertz CT molecular complexity index is 839. The highest BCUT2D eigenvalue weighted by atomic mass is 32.1. The number of aromatic amines is 1. The molecule has 0 aromatic carbocycles. The van der Waals surface area contributed by atoms with E-state index in [9.17, 15) is 0 Å². The first-order valence-electron chi connectivity index (χ1n) is 7.15. The maximum Gasteiger partial charge on any atom is 0.179 e. The zero-order valence-corrected chi connectivity index (χ0v) is 13.4. The van der Waals surface area contributed by atoms with Crippen molar-refractivity contribution in [1.82, 2.24) is 24.3 Å². The van der Waals surface area contributed by atoms with Gasteiger partial charge in [0, 0.05) is 19.4 Å². The van der Waals surface area contributed by atoms with Crippen LogP contribution in [0.1, 0.15) is 30.2 Å². The quantitative estimate of drug-likeness (QED) is 0.753. The fraction of sp³-hybridized carbons (Fsp3) is 0.400. The van der Waals surface area contributed by atoms with E-state index < -0.39 is 0 Å². The maximum absolute atomic E-state index is 5.50. The summed E-state index contributed by atoms with van der Waals surface area (Å²) >= 11 is 5.50. The fourth-order valence-corrected chi connectivity index (χ4v) is 2.92. The van der Waals surface area contributed by atoms with E-state index in [0.717, 1.165) is 34.5 Å². The third kappa shape index (κ3) is 2.40. The molecule has 21 heavy (non-hydrogen) atoms. The lowest BCUT2D eigenvalue weighted by Crippen LogP contribution is -2.06. The van der Waals surface area contributed by atoms with Crippen LogP contribution in [0.4, 0.5) is 0 Å². The number of aromatic nitrogens is 5. The fourth-order valence-electron chi connectivity index (χ4n) is 2.67. The van der Waals surface area contributed by atoms with Gasteiger partial charge in [0.05, 0.1) is 12.2 Å². The van der Waals surface area contributed by atoms with Crippen molar-refractivity contribution in [1.29, 1.82) is 0 Å². The van der Waals surface area contributed by atoms with Crippen molar-refractivity contribution in [2.45, 2.75) is 33.2 Å². The molecule has 6 heteroatoms. The Labute approximate surface area is 128 Å². The average molecular weight is 301 g/mol. The number of pyridine rings is 1. The van der Waals surface area contributed by atoms with Crippen LogP contribution >= 0.6 is 12.2 Å². The molecule has 0 aliphatic rings. The van der Waals surface area contributed by atoms with Gasteiger partial charge in [0.1, 0.15) is 5.52 Å². The van der Waals surface area contributed by atoms with Gasteiger partial charge in [0.15, 0.2) is 10.4 Å². The summed E-state index contributed by atoms with van der Waals surface area (Å²) in [7, 11) is 1.97. The molecule has 110 valence electrons. The molecule has 0 radical (unpaired) electrons. The number of fused-ring (bicyclic) bond motifs is 1. The highest BCUT2D eigenvalue weighted by molar-refractivity contribution is 7.71. The van der Waals surface area contributed by atoms with Crippen LogP contribution in [-0.4, -0.2) is 24.3 Å². The Kier molecular flexibility index (Phi) is 3.63. The Balaban J connectivity index is 2.13. The molecule has 0 fully saturated rings. The molecule has 3 rings (SSSR count). The molecule has 0 amide bonds. The monoisotopic (exact) mass is 301 g/mol. The van der Waals surface area contributed by atoms with Crippen molar-refractivity contribution in [3.8, 4) is 0 Å². The average Bonchev–Trinajstić information content (AvgIpc) is 2.92. The van der Waals surface area contributed by atoms with Gasteiger partial charge in [-0.05, 0) is 42.8 Å². The van der Waals surface area contributed by atoms with E-state index in [1.54, 1.807) is 0 Å². The van der Waals surface area contributed by atoms with E-state index in [1.807, 2.05) is 30.2 Å². The number of nitrogens with zero attached hydrogens (tertiary/aromatic N) is 4. The topological polar surface area (TPSA) is 51.4 Å². The van der Waals surface area contributed by atoms with Crippen LogP contribution in [0, 0.1) is 11.7 Å². The minimum atomic E-state index is 0.712. The molecule has 0 saturated heterocycles. The first-order chi connectivity index (χ1) is 10.1. The summed E-state index contributed by atoms with van der Waals surface area (Å²) in [5, 5.41) is 4.61. The Morgan fingerprint density at radius 1 is 1.38 bits per heavy atom. The summed E-state index contributed by atoms with van der Waals surface area (Å²) in [6.45, 7) is 4.96. The largest absolute Gasteiger partial charge is 0.328 e. The number of hydrogen-bond donors (Lipinski definition) is 1. The zero-order valence-electron chi connectivity index (χ0n) is 12.6. The normalized spacial score (nSPS) is 11.4. The Hall–Kier alpha value is -1.95. The van der Waals surface area contributed by atoms with E-state index in [2.05, 4.69) is 33.5 Å². The molecular formula is C15H19N5S. The number of rotatable bonds is 4. The lowest BCUT2D eigenvalue weighted by atomic mass is 10.1.